The SMILES string of the molecule is O=C(c1cnco1)N1CCCC[C@@H]1c1ccn2ccnc2n1. The van der Waals surface area contributed by atoms with E-state index in [1.165, 1.54) is 12.6 Å². The molecule has 4 heterocycles. The number of piperidine rings is 1. The van der Waals surface area contributed by atoms with Crippen LogP contribution in [0.15, 0.2) is 41.7 Å². The van der Waals surface area contributed by atoms with Crippen molar-refractivity contribution in [2.45, 2.75) is 25.3 Å². The predicted octanol–water partition coefficient (Wildman–Crippen LogP) is 2.08. The molecule has 22 heavy (non-hydrogen) atoms. The van der Waals surface area contributed by atoms with Crippen molar-refractivity contribution in [3.63, 3.8) is 0 Å². The molecule has 0 spiro atoms. The number of carbonyl (C=O) groups excluding carboxylic acids is 1. The highest BCUT2D eigenvalue weighted by Crippen LogP contribution is 2.31. The summed E-state index contributed by atoms with van der Waals surface area (Å²) in [6, 6.07) is 1.90. The molecule has 0 bridgehead atoms. The van der Waals surface area contributed by atoms with E-state index >= 15 is 0 Å². The Morgan fingerprint density at radius 1 is 1.32 bits per heavy atom. The minimum atomic E-state index is -0.132. The molecule has 1 atom stereocenters. The number of aromatic nitrogens is 4. The Morgan fingerprint density at radius 3 is 3.14 bits per heavy atom. The number of imidazole rings is 1. The smallest absolute Gasteiger partial charge is 0.291 e. The Hall–Kier alpha value is -2.70. The molecule has 1 aliphatic heterocycles. The van der Waals surface area contributed by atoms with Gasteiger partial charge in [-0.25, -0.2) is 15.0 Å². The lowest BCUT2D eigenvalue weighted by molar-refractivity contribution is 0.0573. The Kier molecular flexibility index (Phi) is 3.10. The van der Waals surface area contributed by atoms with Gasteiger partial charge in [-0.05, 0) is 25.3 Å². The van der Waals surface area contributed by atoms with E-state index < -0.39 is 0 Å². The molecule has 0 unspecified atom stereocenters. The highest BCUT2D eigenvalue weighted by molar-refractivity contribution is 5.91. The third-order valence-corrected chi connectivity index (χ3v) is 4.03. The fraction of sp³-hybridized carbons (Fsp3) is 0.333. The van der Waals surface area contributed by atoms with Gasteiger partial charge >= 0.3 is 0 Å². The van der Waals surface area contributed by atoms with E-state index in [0.29, 0.717) is 12.3 Å². The van der Waals surface area contributed by atoms with E-state index in [1.54, 1.807) is 6.20 Å². The van der Waals surface area contributed by atoms with Gasteiger partial charge in [-0.3, -0.25) is 9.20 Å². The lowest BCUT2D eigenvalue weighted by Crippen LogP contribution is -2.38. The lowest BCUT2D eigenvalue weighted by Gasteiger charge is -2.34. The van der Waals surface area contributed by atoms with Gasteiger partial charge in [0.05, 0.1) is 17.9 Å². The normalized spacial score (nSPS) is 18.7. The van der Waals surface area contributed by atoms with Gasteiger partial charge in [0, 0.05) is 25.1 Å². The molecule has 7 heteroatoms. The topological polar surface area (TPSA) is 76.5 Å². The summed E-state index contributed by atoms with van der Waals surface area (Å²) in [4.78, 5) is 27.1. The highest BCUT2D eigenvalue weighted by atomic mass is 16.3. The molecule has 1 amide bonds. The van der Waals surface area contributed by atoms with Gasteiger partial charge in [-0.1, -0.05) is 0 Å². The third-order valence-electron chi connectivity index (χ3n) is 4.03. The second kappa shape index (κ2) is 5.25. The van der Waals surface area contributed by atoms with Crippen molar-refractivity contribution in [1.82, 2.24) is 24.3 Å². The predicted molar refractivity (Wildman–Crippen MR) is 77.1 cm³/mol. The summed E-state index contributed by atoms with van der Waals surface area (Å²) in [6.07, 6.45) is 11.2. The van der Waals surface area contributed by atoms with Crippen molar-refractivity contribution >= 4 is 11.7 Å². The molecule has 112 valence electrons. The van der Waals surface area contributed by atoms with Crippen LogP contribution in [0, 0.1) is 0 Å². The number of fused-ring (bicyclic) bond motifs is 1. The molecule has 3 aromatic heterocycles. The monoisotopic (exact) mass is 297 g/mol. The minimum Gasteiger partial charge on any atom is -0.438 e. The Morgan fingerprint density at radius 2 is 2.27 bits per heavy atom. The van der Waals surface area contributed by atoms with Crippen LogP contribution in [0.3, 0.4) is 0 Å². The first kappa shape index (κ1) is 13.0. The van der Waals surface area contributed by atoms with Crippen LogP contribution in [0.5, 0.6) is 0 Å². The number of amides is 1. The van der Waals surface area contributed by atoms with Crippen molar-refractivity contribution in [3.8, 4) is 0 Å². The first-order chi connectivity index (χ1) is 10.8. The second-order valence-corrected chi connectivity index (χ2v) is 5.36. The van der Waals surface area contributed by atoms with E-state index in [0.717, 1.165) is 25.0 Å². The van der Waals surface area contributed by atoms with Crippen LogP contribution in [0.25, 0.3) is 5.78 Å². The Labute approximate surface area is 126 Å². The standard InChI is InChI=1S/C15H15N5O2/c21-14(13-9-16-10-22-13)20-6-2-1-3-12(20)11-4-7-19-8-5-17-15(19)18-11/h4-5,7-10,12H,1-3,6H2/t12-/m1/s1. The highest BCUT2D eigenvalue weighted by Gasteiger charge is 2.31. The van der Waals surface area contributed by atoms with Crippen molar-refractivity contribution in [1.29, 1.82) is 0 Å². The molecule has 0 aliphatic carbocycles. The molecule has 0 N–H and O–H groups in total. The van der Waals surface area contributed by atoms with Crippen molar-refractivity contribution in [2.75, 3.05) is 6.54 Å². The van der Waals surface area contributed by atoms with E-state index in [-0.39, 0.29) is 17.7 Å². The summed E-state index contributed by atoms with van der Waals surface area (Å²) in [5.74, 6) is 0.788. The molecule has 3 aromatic rings. The zero-order chi connectivity index (χ0) is 14.9. The number of carbonyl (C=O) groups is 1. The Bertz CT molecular complexity index is 795. The number of likely N-dealkylation sites (tertiary alicyclic amines) is 1. The fourth-order valence-corrected chi connectivity index (χ4v) is 2.95. The summed E-state index contributed by atoms with van der Waals surface area (Å²) in [5, 5.41) is 0. The maximum atomic E-state index is 12.6. The summed E-state index contributed by atoms with van der Waals surface area (Å²) in [7, 11) is 0. The number of hydrogen-bond acceptors (Lipinski definition) is 5. The first-order valence-corrected chi connectivity index (χ1v) is 7.32. The van der Waals surface area contributed by atoms with Gasteiger partial charge in [0.25, 0.3) is 5.91 Å². The molecule has 1 saturated heterocycles. The zero-order valence-corrected chi connectivity index (χ0v) is 11.9. The largest absolute Gasteiger partial charge is 0.438 e. The van der Waals surface area contributed by atoms with Crippen LogP contribution >= 0.6 is 0 Å². The third kappa shape index (κ3) is 2.14. The lowest BCUT2D eigenvalue weighted by atomic mass is 9.99. The van der Waals surface area contributed by atoms with Gasteiger partial charge in [0.15, 0.2) is 6.39 Å². The van der Waals surface area contributed by atoms with Crippen LogP contribution in [0.1, 0.15) is 41.6 Å². The molecular formula is C15H15N5O2. The van der Waals surface area contributed by atoms with Crippen LogP contribution in [-0.2, 0) is 0 Å². The number of oxazole rings is 1. The average Bonchev–Trinajstić information content (AvgIpc) is 3.24. The summed E-state index contributed by atoms with van der Waals surface area (Å²) in [6.45, 7) is 0.700. The van der Waals surface area contributed by atoms with Crippen LogP contribution in [0.2, 0.25) is 0 Å². The van der Waals surface area contributed by atoms with Crippen molar-refractivity contribution in [2.24, 2.45) is 0 Å². The average molecular weight is 297 g/mol. The van der Waals surface area contributed by atoms with Gasteiger partial charge in [0.2, 0.25) is 11.5 Å². The van der Waals surface area contributed by atoms with Gasteiger partial charge in [-0.2, -0.15) is 0 Å². The fourth-order valence-electron chi connectivity index (χ4n) is 2.95. The summed E-state index contributed by atoms with van der Waals surface area (Å²) >= 11 is 0. The van der Waals surface area contributed by atoms with E-state index in [1.807, 2.05) is 27.8 Å². The molecule has 1 fully saturated rings. The first-order valence-electron chi connectivity index (χ1n) is 7.32. The zero-order valence-electron chi connectivity index (χ0n) is 11.9. The number of nitrogens with zero attached hydrogens (tertiary/aromatic N) is 5. The van der Waals surface area contributed by atoms with Gasteiger partial charge in [0.1, 0.15) is 0 Å². The van der Waals surface area contributed by atoms with Gasteiger partial charge < -0.3 is 9.32 Å². The molecule has 4 rings (SSSR count). The molecule has 0 radical (unpaired) electrons. The van der Waals surface area contributed by atoms with Crippen LogP contribution < -0.4 is 0 Å². The molecule has 1 aliphatic rings. The van der Waals surface area contributed by atoms with E-state index in [4.69, 9.17) is 4.42 Å². The van der Waals surface area contributed by atoms with Crippen molar-refractivity contribution < 1.29 is 9.21 Å². The van der Waals surface area contributed by atoms with Crippen LogP contribution in [-0.4, -0.2) is 36.7 Å². The number of rotatable bonds is 2. The molecule has 0 aromatic carbocycles. The number of hydrogen-bond donors (Lipinski definition) is 0. The van der Waals surface area contributed by atoms with E-state index in [2.05, 4.69) is 15.0 Å². The van der Waals surface area contributed by atoms with Crippen molar-refractivity contribution in [3.05, 3.63) is 48.7 Å². The molecular weight excluding hydrogens is 282 g/mol. The maximum absolute atomic E-state index is 12.6. The van der Waals surface area contributed by atoms with E-state index in [9.17, 15) is 4.79 Å². The maximum Gasteiger partial charge on any atom is 0.291 e. The second-order valence-electron chi connectivity index (χ2n) is 5.36. The minimum absolute atomic E-state index is 0.0481. The van der Waals surface area contributed by atoms with Crippen LogP contribution in [0.4, 0.5) is 0 Å². The molecule has 7 nitrogen and oxygen atoms in total. The summed E-state index contributed by atoms with van der Waals surface area (Å²) in [5.41, 5.74) is 0.867. The van der Waals surface area contributed by atoms with Gasteiger partial charge in [-0.15, -0.1) is 0 Å². The molecule has 0 saturated carbocycles. The quantitative estimate of drug-likeness (QED) is 0.724. The Balaban J connectivity index is 1.69. The summed E-state index contributed by atoms with van der Waals surface area (Å²) < 4.78 is 7.01.